The van der Waals surface area contributed by atoms with Crippen LogP contribution in [-0.4, -0.2) is 44.6 Å². The molecule has 0 bridgehead atoms. The topological polar surface area (TPSA) is 24.5 Å². The second kappa shape index (κ2) is 7.33. The molecule has 1 aliphatic heterocycles. The van der Waals surface area contributed by atoms with E-state index in [-0.39, 0.29) is 12.5 Å². The monoisotopic (exact) mass is 348 g/mol. The van der Waals surface area contributed by atoms with Gasteiger partial charge in [0.2, 0.25) is 6.43 Å². The van der Waals surface area contributed by atoms with Gasteiger partial charge >= 0.3 is 0 Å². The zero-order valence-electron chi connectivity index (χ0n) is 11.4. The maximum atomic E-state index is 13.0. The normalized spacial score (nSPS) is 18.2. The van der Waals surface area contributed by atoms with E-state index in [9.17, 15) is 8.78 Å². The van der Waals surface area contributed by atoms with Crippen LogP contribution in [0.4, 0.5) is 8.78 Å². The van der Waals surface area contributed by atoms with Crippen molar-refractivity contribution < 1.29 is 13.5 Å². The van der Waals surface area contributed by atoms with Crippen LogP contribution in [0.3, 0.4) is 0 Å². The molecule has 1 saturated heterocycles. The highest BCUT2D eigenvalue weighted by atomic mass is 79.9. The molecule has 20 heavy (non-hydrogen) atoms. The Kier molecular flexibility index (Phi) is 5.74. The van der Waals surface area contributed by atoms with E-state index < -0.39 is 6.43 Å². The summed E-state index contributed by atoms with van der Waals surface area (Å²) >= 11 is 3.41. The molecule has 0 unspecified atom stereocenters. The van der Waals surface area contributed by atoms with Crippen LogP contribution in [0.25, 0.3) is 0 Å². The molecule has 1 aliphatic rings. The molecular weight excluding hydrogens is 330 g/mol. The Morgan fingerprint density at radius 2 is 2.05 bits per heavy atom. The van der Waals surface area contributed by atoms with Gasteiger partial charge in [-0.2, -0.15) is 0 Å². The molecule has 0 spiro atoms. The van der Waals surface area contributed by atoms with Crippen LogP contribution in [-0.2, 0) is 0 Å². The number of nitrogens with one attached hydrogen (secondary N) is 1. The van der Waals surface area contributed by atoms with Crippen LogP contribution in [0.1, 0.15) is 18.0 Å². The number of alkyl halides is 2. The lowest BCUT2D eigenvalue weighted by Gasteiger charge is -2.35. The Morgan fingerprint density at radius 1 is 1.35 bits per heavy atom. The molecule has 0 aromatic heterocycles. The average molecular weight is 349 g/mol. The molecule has 0 saturated carbocycles. The number of halogens is 3. The third-order valence-corrected chi connectivity index (χ3v) is 4.04. The maximum Gasteiger partial charge on any atom is 0.240 e. The van der Waals surface area contributed by atoms with Crippen LogP contribution < -0.4 is 10.1 Å². The van der Waals surface area contributed by atoms with E-state index in [1.165, 1.54) is 0 Å². The van der Waals surface area contributed by atoms with E-state index in [2.05, 4.69) is 26.1 Å². The van der Waals surface area contributed by atoms with Crippen molar-refractivity contribution in [2.24, 2.45) is 0 Å². The van der Waals surface area contributed by atoms with Gasteiger partial charge in [0.25, 0.3) is 0 Å². The van der Waals surface area contributed by atoms with Crippen LogP contribution in [0, 0.1) is 0 Å². The number of hydrogen-bond donors (Lipinski definition) is 1. The minimum atomic E-state index is -2.33. The van der Waals surface area contributed by atoms with E-state index in [0.29, 0.717) is 5.75 Å². The highest BCUT2D eigenvalue weighted by molar-refractivity contribution is 9.10. The summed E-state index contributed by atoms with van der Waals surface area (Å²) in [5.41, 5.74) is 0.823. The van der Waals surface area contributed by atoms with Crippen LogP contribution in [0.5, 0.6) is 5.75 Å². The Balaban J connectivity index is 2.31. The predicted octanol–water partition coefficient (Wildman–Crippen LogP) is 3.06. The molecule has 0 amide bonds. The molecule has 0 radical (unpaired) electrons. The van der Waals surface area contributed by atoms with Crippen LogP contribution >= 0.6 is 15.9 Å². The lowest BCUT2D eigenvalue weighted by atomic mass is 10.00. The highest BCUT2D eigenvalue weighted by Crippen LogP contribution is 2.35. The van der Waals surface area contributed by atoms with Crippen molar-refractivity contribution >= 4 is 15.9 Å². The van der Waals surface area contributed by atoms with Gasteiger partial charge < -0.3 is 10.1 Å². The summed E-state index contributed by atoms with van der Waals surface area (Å²) in [7, 11) is 1.57. The van der Waals surface area contributed by atoms with Gasteiger partial charge in [0.05, 0.1) is 7.11 Å². The minimum Gasteiger partial charge on any atom is -0.496 e. The standard InChI is InChI=1S/C14H19BrF2N2O/c1-20-13-3-2-10(15)8-11(13)12(9-14(16)17)19-6-4-18-5-7-19/h2-3,8,12,14,18H,4-7,9H2,1H3/t12-/m0/s1. The summed E-state index contributed by atoms with van der Waals surface area (Å²) in [6, 6.07) is 5.25. The second-order valence-electron chi connectivity index (χ2n) is 4.81. The molecule has 1 heterocycles. The van der Waals surface area contributed by atoms with Crippen molar-refractivity contribution in [3.63, 3.8) is 0 Å². The zero-order chi connectivity index (χ0) is 14.5. The summed E-state index contributed by atoms with van der Waals surface area (Å²) in [6.45, 7) is 3.20. The Bertz CT molecular complexity index is 439. The predicted molar refractivity (Wildman–Crippen MR) is 78.5 cm³/mol. The largest absolute Gasteiger partial charge is 0.496 e. The van der Waals surface area contributed by atoms with Crippen molar-refractivity contribution in [1.29, 1.82) is 0 Å². The molecule has 6 heteroatoms. The minimum absolute atomic E-state index is 0.174. The van der Waals surface area contributed by atoms with E-state index in [0.717, 1.165) is 36.2 Å². The van der Waals surface area contributed by atoms with Crippen molar-refractivity contribution in [1.82, 2.24) is 10.2 Å². The molecule has 1 fully saturated rings. The van der Waals surface area contributed by atoms with Gasteiger partial charge in [0, 0.05) is 48.7 Å². The summed E-state index contributed by atoms with van der Waals surface area (Å²) in [5.74, 6) is 0.664. The summed E-state index contributed by atoms with van der Waals surface area (Å²) in [5, 5.41) is 3.24. The fraction of sp³-hybridized carbons (Fsp3) is 0.571. The van der Waals surface area contributed by atoms with E-state index in [1.807, 2.05) is 18.2 Å². The van der Waals surface area contributed by atoms with E-state index in [1.54, 1.807) is 7.11 Å². The van der Waals surface area contributed by atoms with Crippen LogP contribution in [0.2, 0.25) is 0 Å². The summed E-state index contributed by atoms with van der Waals surface area (Å²) in [6.07, 6.45) is -2.51. The van der Waals surface area contributed by atoms with Gasteiger partial charge in [0.15, 0.2) is 0 Å². The number of nitrogens with zero attached hydrogens (tertiary/aromatic N) is 1. The molecule has 2 rings (SSSR count). The lowest BCUT2D eigenvalue weighted by Crippen LogP contribution is -2.45. The molecule has 1 aromatic rings. The number of hydrogen-bond acceptors (Lipinski definition) is 3. The van der Waals surface area contributed by atoms with Gasteiger partial charge in [-0.15, -0.1) is 0 Å². The third-order valence-electron chi connectivity index (χ3n) is 3.54. The first-order valence-corrected chi connectivity index (χ1v) is 7.47. The fourth-order valence-corrected chi connectivity index (χ4v) is 2.98. The van der Waals surface area contributed by atoms with Gasteiger partial charge in [-0.25, -0.2) is 8.78 Å². The zero-order valence-corrected chi connectivity index (χ0v) is 13.0. The lowest BCUT2D eigenvalue weighted by molar-refractivity contribution is 0.0729. The van der Waals surface area contributed by atoms with Crippen molar-refractivity contribution in [2.45, 2.75) is 18.9 Å². The molecule has 3 nitrogen and oxygen atoms in total. The van der Waals surface area contributed by atoms with Crippen molar-refractivity contribution in [3.05, 3.63) is 28.2 Å². The second-order valence-corrected chi connectivity index (χ2v) is 5.73. The SMILES string of the molecule is COc1ccc(Br)cc1[C@H](CC(F)F)N1CCNCC1. The van der Waals surface area contributed by atoms with E-state index >= 15 is 0 Å². The number of ether oxygens (including phenoxy) is 1. The first kappa shape index (κ1) is 15.7. The van der Waals surface area contributed by atoms with E-state index in [4.69, 9.17) is 4.74 Å². The quantitative estimate of drug-likeness (QED) is 0.884. The summed E-state index contributed by atoms with van der Waals surface area (Å²) < 4.78 is 32.2. The first-order valence-electron chi connectivity index (χ1n) is 6.68. The number of rotatable bonds is 5. The van der Waals surface area contributed by atoms with Gasteiger partial charge in [0.1, 0.15) is 5.75 Å². The van der Waals surface area contributed by atoms with Gasteiger partial charge in [-0.3, -0.25) is 4.90 Å². The summed E-state index contributed by atoms with van der Waals surface area (Å²) in [4.78, 5) is 2.10. The highest BCUT2D eigenvalue weighted by Gasteiger charge is 2.27. The Labute approximate surface area is 126 Å². The molecule has 112 valence electrons. The molecule has 1 N–H and O–H groups in total. The number of benzene rings is 1. The maximum absolute atomic E-state index is 13.0. The molecule has 0 aliphatic carbocycles. The Morgan fingerprint density at radius 3 is 2.65 bits per heavy atom. The molecule has 1 atom stereocenters. The Hall–Kier alpha value is -0.720. The molecule has 1 aromatic carbocycles. The smallest absolute Gasteiger partial charge is 0.240 e. The van der Waals surface area contributed by atoms with Crippen molar-refractivity contribution in [2.75, 3.05) is 33.3 Å². The average Bonchev–Trinajstić information content (AvgIpc) is 2.45. The fourth-order valence-electron chi connectivity index (χ4n) is 2.60. The third kappa shape index (κ3) is 3.90. The number of piperazine rings is 1. The van der Waals surface area contributed by atoms with Crippen LogP contribution in [0.15, 0.2) is 22.7 Å². The van der Waals surface area contributed by atoms with Gasteiger partial charge in [-0.1, -0.05) is 15.9 Å². The number of methoxy groups -OCH3 is 1. The first-order chi connectivity index (χ1) is 9.61. The van der Waals surface area contributed by atoms with Crippen molar-refractivity contribution in [3.8, 4) is 5.75 Å². The molecular formula is C14H19BrF2N2O. The van der Waals surface area contributed by atoms with Gasteiger partial charge in [-0.05, 0) is 18.2 Å².